The van der Waals surface area contributed by atoms with E-state index in [1.165, 1.54) is 25.7 Å². The maximum atomic E-state index is 12.0. The monoisotopic (exact) mass is 268 g/mol. The van der Waals surface area contributed by atoms with Crippen LogP contribution >= 0.6 is 12.4 Å². The van der Waals surface area contributed by atoms with E-state index >= 15 is 0 Å². The molecule has 0 radical (unpaired) electrons. The van der Waals surface area contributed by atoms with Crippen LogP contribution in [0.25, 0.3) is 0 Å². The van der Waals surface area contributed by atoms with Crippen LogP contribution in [0.1, 0.15) is 43.0 Å². The number of nitrogen functional groups attached to an aromatic ring is 1. The summed E-state index contributed by atoms with van der Waals surface area (Å²) in [5.41, 5.74) is 7.18. The number of carbonyl (C=O) groups excluding carboxylic acids is 1. The second-order valence-electron chi connectivity index (χ2n) is 5.29. The number of anilines is 1. The van der Waals surface area contributed by atoms with Gasteiger partial charge in [-0.25, -0.2) is 0 Å². The number of amides is 1. The van der Waals surface area contributed by atoms with E-state index in [9.17, 15) is 4.79 Å². The van der Waals surface area contributed by atoms with Crippen LogP contribution in [-0.4, -0.2) is 12.5 Å². The van der Waals surface area contributed by atoms with E-state index in [4.69, 9.17) is 5.73 Å². The minimum atomic E-state index is -0.0591. The van der Waals surface area contributed by atoms with Crippen LogP contribution in [0.15, 0.2) is 24.3 Å². The van der Waals surface area contributed by atoms with Crippen molar-refractivity contribution in [2.75, 3.05) is 12.3 Å². The first-order valence-corrected chi connectivity index (χ1v) is 6.23. The molecule has 3 nitrogen and oxygen atoms in total. The topological polar surface area (TPSA) is 55.1 Å². The van der Waals surface area contributed by atoms with Crippen LogP contribution in [0.5, 0.6) is 0 Å². The van der Waals surface area contributed by atoms with Crippen molar-refractivity contribution >= 4 is 24.0 Å². The van der Waals surface area contributed by atoms with Crippen molar-refractivity contribution in [2.45, 2.75) is 32.6 Å². The minimum absolute atomic E-state index is 0. The van der Waals surface area contributed by atoms with Gasteiger partial charge in [-0.3, -0.25) is 4.79 Å². The van der Waals surface area contributed by atoms with Gasteiger partial charge in [-0.15, -0.1) is 12.4 Å². The molecule has 0 spiro atoms. The van der Waals surface area contributed by atoms with E-state index in [-0.39, 0.29) is 23.7 Å². The molecule has 1 aliphatic rings. The fourth-order valence-electron chi connectivity index (χ4n) is 2.50. The van der Waals surface area contributed by atoms with Crippen molar-refractivity contribution < 1.29 is 4.79 Å². The zero-order valence-corrected chi connectivity index (χ0v) is 11.6. The zero-order chi connectivity index (χ0) is 12.3. The Hall–Kier alpha value is -1.22. The van der Waals surface area contributed by atoms with Crippen molar-refractivity contribution in [3.63, 3.8) is 0 Å². The summed E-state index contributed by atoms with van der Waals surface area (Å²) in [5, 5.41) is 3.00. The second-order valence-corrected chi connectivity index (χ2v) is 5.29. The largest absolute Gasteiger partial charge is 0.398 e. The van der Waals surface area contributed by atoms with Crippen molar-refractivity contribution in [3.8, 4) is 0 Å². The molecule has 1 aliphatic carbocycles. The first-order valence-electron chi connectivity index (χ1n) is 6.23. The van der Waals surface area contributed by atoms with Gasteiger partial charge in [0.1, 0.15) is 0 Å². The van der Waals surface area contributed by atoms with Gasteiger partial charge in [-0.05, 0) is 30.4 Å². The first kappa shape index (κ1) is 14.8. The molecule has 1 aromatic carbocycles. The molecule has 0 unspecified atom stereocenters. The fourth-order valence-corrected chi connectivity index (χ4v) is 2.50. The molecule has 0 atom stereocenters. The third-order valence-electron chi connectivity index (χ3n) is 3.69. The fraction of sp³-hybridized carbons (Fsp3) is 0.500. The zero-order valence-electron chi connectivity index (χ0n) is 10.7. The number of benzene rings is 1. The highest BCUT2D eigenvalue weighted by molar-refractivity contribution is 5.99. The van der Waals surface area contributed by atoms with Gasteiger partial charge < -0.3 is 11.1 Å². The predicted octanol–water partition coefficient (Wildman–Crippen LogP) is 3.00. The maximum absolute atomic E-state index is 12.0. The Kier molecular flexibility index (Phi) is 5.03. The Bertz CT molecular complexity index is 414. The van der Waals surface area contributed by atoms with E-state index in [1.54, 1.807) is 12.1 Å². The minimum Gasteiger partial charge on any atom is -0.398 e. The molecule has 0 bridgehead atoms. The van der Waals surface area contributed by atoms with Crippen LogP contribution in [-0.2, 0) is 0 Å². The van der Waals surface area contributed by atoms with E-state index in [2.05, 4.69) is 12.2 Å². The highest BCUT2D eigenvalue weighted by Gasteiger charge is 2.29. The lowest BCUT2D eigenvalue weighted by molar-refractivity contribution is 0.0935. The molecule has 3 N–H and O–H groups in total. The Labute approximate surface area is 115 Å². The molecule has 4 heteroatoms. The maximum Gasteiger partial charge on any atom is 0.253 e. The number of hydrogen-bond acceptors (Lipinski definition) is 2. The standard InChI is InChI=1S/C14H20N2O.ClH/c1-14(8-4-5-9-14)10-16-13(17)11-6-2-3-7-12(11)15;/h2-3,6-7H,4-5,8-10,15H2,1H3,(H,16,17);1H. The average molecular weight is 269 g/mol. The molecule has 100 valence electrons. The van der Waals surface area contributed by atoms with Gasteiger partial charge in [-0.1, -0.05) is 31.9 Å². The number of nitrogens with one attached hydrogen (secondary N) is 1. The molecule has 0 saturated heterocycles. The third kappa shape index (κ3) is 3.39. The van der Waals surface area contributed by atoms with Crippen LogP contribution in [0, 0.1) is 5.41 Å². The van der Waals surface area contributed by atoms with Crippen LogP contribution < -0.4 is 11.1 Å². The highest BCUT2D eigenvalue weighted by Crippen LogP contribution is 2.36. The van der Waals surface area contributed by atoms with E-state index in [0.29, 0.717) is 11.3 Å². The lowest BCUT2D eigenvalue weighted by Gasteiger charge is -2.23. The summed E-state index contributed by atoms with van der Waals surface area (Å²) >= 11 is 0. The Morgan fingerprint density at radius 1 is 1.33 bits per heavy atom. The van der Waals surface area contributed by atoms with Gasteiger partial charge in [0.15, 0.2) is 0 Å². The van der Waals surface area contributed by atoms with Crippen molar-refractivity contribution in [3.05, 3.63) is 29.8 Å². The molecular weight excluding hydrogens is 248 g/mol. The molecule has 0 aliphatic heterocycles. The van der Waals surface area contributed by atoms with Gasteiger partial charge in [0.25, 0.3) is 5.91 Å². The summed E-state index contributed by atoms with van der Waals surface area (Å²) in [6.07, 6.45) is 4.97. The number of para-hydroxylation sites is 1. The lowest BCUT2D eigenvalue weighted by Crippen LogP contribution is -2.34. The highest BCUT2D eigenvalue weighted by atomic mass is 35.5. The summed E-state index contributed by atoms with van der Waals surface area (Å²) in [6, 6.07) is 7.20. The van der Waals surface area contributed by atoms with E-state index < -0.39 is 0 Å². The third-order valence-corrected chi connectivity index (χ3v) is 3.69. The number of rotatable bonds is 3. The number of nitrogens with two attached hydrogens (primary N) is 1. The molecular formula is C14H21ClN2O. The number of halogens is 1. The lowest BCUT2D eigenvalue weighted by atomic mass is 9.89. The SMILES string of the molecule is CC1(CNC(=O)c2ccccc2N)CCCC1.Cl. The number of carbonyl (C=O) groups is 1. The van der Waals surface area contributed by atoms with Crippen molar-refractivity contribution in [2.24, 2.45) is 5.41 Å². The molecule has 1 amide bonds. The molecule has 18 heavy (non-hydrogen) atoms. The van der Waals surface area contributed by atoms with Gasteiger partial charge in [0.05, 0.1) is 5.56 Å². The predicted molar refractivity (Wildman–Crippen MR) is 77.0 cm³/mol. The summed E-state index contributed by atoms with van der Waals surface area (Å²) in [4.78, 5) is 12.0. The van der Waals surface area contributed by atoms with Gasteiger partial charge >= 0.3 is 0 Å². The van der Waals surface area contributed by atoms with Crippen molar-refractivity contribution in [1.82, 2.24) is 5.32 Å². The molecule has 1 aromatic rings. The summed E-state index contributed by atoms with van der Waals surface area (Å²) in [7, 11) is 0. The van der Waals surface area contributed by atoms with Gasteiger partial charge in [0.2, 0.25) is 0 Å². The average Bonchev–Trinajstić information content (AvgIpc) is 2.74. The smallest absolute Gasteiger partial charge is 0.253 e. The van der Waals surface area contributed by atoms with Crippen LogP contribution in [0.2, 0.25) is 0 Å². The second kappa shape index (κ2) is 6.10. The molecule has 0 heterocycles. The van der Waals surface area contributed by atoms with Crippen molar-refractivity contribution in [1.29, 1.82) is 0 Å². The Morgan fingerprint density at radius 3 is 2.56 bits per heavy atom. The van der Waals surface area contributed by atoms with Gasteiger partial charge in [0, 0.05) is 12.2 Å². The molecule has 0 aromatic heterocycles. The normalized spacial score (nSPS) is 16.9. The van der Waals surface area contributed by atoms with E-state index in [1.807, 2.05) is 12.1 Å². The first-order chi connectivity index (χ1) is 8.11. The Balaban J connectivity index is 0.00000162. The Morgan fingerprint density at radius 2 is 1.94 bits per heavy atom. The molecule has 1 saturated carbocycles. The van der Waals surface area contributed by atoms with E-state index in [0.717, 1.165) is 6.54 Å². The molecule has 2 rings (SSSR count). The summed E-state index contributed by atoms with van der Waals surface area (Å²) in [6.45, 7) is 2.99. The van der Waals surface area contributed by atoms with Crippen LogP contribution in [0.4, 0.5) is 5.69 Å². The van der Waals surface area contributed by atoms with Crippen LogP contribution in [0.3, 0.4) is 0 Å². The molecule has 1 fully saturated rings. The summed E-state index contributed by atoms with van der Waals surface area (Å²) < 4.78 is 0. The quantitative estimate of drug-likeness (QED) is 0.828. The summed E-state index contributed by atoms with van der Waals surface area (Å²) in [5.74, 6) is -0.0591. The van der Waals surface area contributed by atoms with Gasteiger partial charge in [-0.2, -0.15) is 0 Å². The number of hydrogen-bond donors (Lipinski definition) is 2.